The zero-order chi connectivity index (χ0) is 11.5. The summed E-state index contributed by atoms with van der Waals surface area (Å²) in [5, 5.41) is 0. The zero-order valence-electron chi connectivity index (χ0n) is 8.74. The molecule has 1 N–H and O–H groups in total. The smallest absolute Gasteiger partial charge is 0.236 e. The summed E-state index contributed by atoms with van der Waals surface area (Å²) in [6.07, 6.45) is 0. The van der Waals surface area contributed by atoms with Gasteiger partial charge in [0.05, 0.1) is 0 Å². The summed E-state index contributed by atoms with van der Waals surface area (Å²) >= 11 is 5.56. The van der Waals surface area contributed by atoms with Gasteiger partial charge in [0.1, 0.15) is 0 Å². The molecule has 1 unspecified atom stereocenters. The Bertz CT molecular complexity index is 298. The summed E-state index contributed by atoms with van der Waals surface area (Å²) in [7, 11) is -3.74. The minimum absolute atomic E-state index is 0.263. The van der Waals surface area contributed by atoms with E-state index in [9.17, 15) is 13.2 Å². The molecule has 0 bridgehead atoms. The van der Waals surface area contributed by atoms with Crippen LogP contribution in [0.5, 0.6) is 0 Å². The number of ketones is 1. The van der Waals surface area contributed by atoms with E-state index in [1.54, 1.807) is 27.7 Å². The number of hydrogen-bond acceptors (Lipinski definition) is 3. The Balaban J connectivity index is 4.68. The van der Waals surface area contributed by atoms with Crippen LogP contribution < -0.4 is 4.72 Å². The highest BCUT2D eigenvalue weighted by molar-refractivity contribution is 7.92. The van der Waals surface area contributed by atoms with Crippen molar-refractivity contribution in [3.63, 3.8) is 0 Å². The third-order valence-corrected chi connectivity index (χ3v) is 3.96. The molecule has 0 spiro atoms. The number of sulfonamides is 1. The summed E-state index contributed by atoms with van der Waals surface area (Å²) < 4.78 is 23.6. The molecule has 1 atom stereocenters. The molecule has 0 saturated carbocycles. The molecule has 0 aromatic carbocycles. The van der Waals surface area contributed by atoms with Crippen LogP contribution in [0.15, 0.2) is 0 Å². The normalized spacial score (nSPS) is 14.8. The van der Waals surface area contributed by atoms with Gasteiger partial charge >= 0.3 is 0 Å². The van der Waals surface area contributed by atoms with Crippen molar-refractivity contribution >= 4 is 27.4 Å². The number of alkyl halides is 1. The number of nitrogens with one attached hydrogen (secondary N) is 1. The molecule has 0 aromatic rings. The van der Waals surface area contributed by atoms with E-state index < -0.39 is 20.5 Å². The summed E-state index contributed by atoms with van der Waals surface area (Å²) in [6.45, 7) is 6.56. The Labute approximate surface area is 90.1 Å². The molecule has 0 fully saturated rings. The maximum absolute atomic E-state index is 11.4. The van der Waals surface area contributed by atoms with Gasteiger partial charge in [-0.2, -0.15) is 0 Å². The highest BCUT2D eigenvalue weighted by atomic mass is 35.5. The van der Waals surface area contributed by atoms with Crippen molar-refractivity contribution in [3.8, 4) is 0 Å². The molecule has 0 radical (unpaired) electrons. The van der Waals surface area contributed by atoms with Gasteiger partial charge in [-0.1, -0.05) is 25.4 Å². The number of carbonyl (C=O) groups excluding carboxylic acids is 1. The van der Waals surface area contributed by atoms with Crippen LogP contribution in [0, 0.1) is 5.92 Å². The van der Waals surface area contributed by atoms with Crippen molar-refractivity contribution in [3.05, 3.63) is 0 Å². The first kappa shape index (κ1) is 13.9. The van der Waals surface area contributed by atoms with Crippen LogP contribution in [-0.2, 0) is 14.8 Å². The minimum Gasteiger partial charge on any atom is -0.297 e. The maximum atomic E-state index is 11.4. The number of rotatable bonds is 5. The Morgan fingerprint density at radius 3 is 1.93 bits per heavy atom. The van der Waals surface area contributed by atoms with E-state index in [-0.39, 0.29) is 12.0 Å². The van der Waals surface area contributed by atoms with E-state index in [0.29, 0.717) is 0 Å². The lowest BCUT2D eigenvalue weighted by molar-refractivity contribution is -0.120. The molecule has 0 aliphatic carbocycles. The van der Waals surface area contributed by atoms with Gasteiger partial charge in [-0.05, 0) is 13.8 Å². The quantitative estimate of drug-likeness (QED) is 0.734. The van der Waals surface area contributed by atoms with Gasteiger partial charge in [0.15, 0.2) is 5.78 Å². The van der Waals surface area contributed by atoms with Crippen LogP contribution in [0.25, 0.3) is 0 Å². The molecule has 6 heteroatoms. The van der Waals surface area contributed by atoms with Crippen LogP contribution in [0.2, 0.25) is 0 Å². The molecular formula is C8H16ClNO3S. The lowest BCUT2D eigenvalue weighted by atomic mass is 10.1. The van der Waals surface area contributed by atoms with Gasteiger partial charge in [0.2, 0.25) is 14.7 Å². The van der Waals surface area contributed by atoms with Crippen LogP contribution >= 0.6 is 11.6 Å². The van der Waals surface area contributed by atoms with Crippen LogP contribution in [0.1, 0.15) is 27.7 Å². The summed E-state index contributed by atoms with van der Waals surface area (Å²) in [6, 6.07) is -0.263. The van der Waals surface area contributed by atoms with E-state index in [1.165, 1.54) is 0 Å². The third kappa shape index (κ3) is 3.94. The fourth-order valence-electron chi connectivity index (χ4n) is 0.803. The predicted octanol–water partition coefficient (Wildman–Crippen LogP) is 1.10. The van der Waals surface area contributed by atoms with E-state index in [1.807, 2.05) is 0 Å². The molecule has 0 heterocycles. The van der Waals surface area contributed by atoms with Gasteiger partial charge in [0.25, 0.3) is 0 Å². The molecular weight excluding hydrogens is 226 g/mol. The fraction of sp³-hybridized carbons (Fsp3) is 0.875. The van der Waals surface area contributed by atoms with Crippen molar-refractivity contribution in [1.29, 1.82) is 0 Å². The average Bonchev–Trinajstić information content (AvgIpc) is 1.99. The van der Waals surface area contributed by atoms with Crippen LogP contribution in [0.4, 0.5) is 0 Å². The SMILES string of the molecule is CC(C)NS(=O)(=O)C(Cl)C(=O)C(C)C. The van der Waals surface area contributed by atoms with E-state index in [2.05, 4.69) is 4.72 Å². The van der Waals surface area contributed by atoms with Gasteiger partial charge in [-0.15, -0.1) is 0 Å². The minimum atomic E-state index is -3.74. The van der Waals surface area contributed by atoms with E-state index in [0.717, 1.165) is 0 Å². The van der Waals surface area contributed by atoms with Crippen molar-refractivity contribution in [2.24, 2.45) is 5.92 Å². The Morgan fingerprint density at radius 2 is 1.64 bits per heavy atom. The van der Waals surface area contributed by atoms with Crippen molar-refractivity contribution in [1.82, 2.24) is 4.72 Å². The highest BCUT2D eigenvalue weighted by Crippen LogP contribution is 2.12. The van der Waals surface area contributed by atoms with Crippen LogP contribution in [0.3, 0.4) is 0 Å². The third-order valence-electron chi connectivity index (χ3n) is 1.47. The average molecular weight is 242 g/mol. The molecule has 4 nitrogen and oxygen atoms in total. The van der Waals surface area contributed by atoms with Crippen molar-refractivity contribution in [2.75, 3.05) is 0 Å². The van der Waals surface area contributed by atoms with E-state index in [4.69, 9.17) is 11.6 Å². The number of halogens is 1. The largest absolute Gasteiger partial charge is 0.297 e. The topological polar surface area (TPSA) is 63.2 Å². The summed E-state index contributed by atoms with van der Waals surface area (Å²) in [5.74, 6) is -0.874. The van der Waals surface area contributed by atoms with Crippen molar-refractivity contribution < 1.29 is 13.2 Å². The van der Waals surface area contributed by atoms with E-state index >= 15 is 0 Å². The number of Topliss-reactive ketones (excluding diaryl/α,β-unsaturated/α-hetero) is 1. The Kier molecular flexibility index (Phi) is 5.05. The maximum Gasteiger partial charge on any atom is 0.236 e. The first-order valence-electron chi connectivity index (χ1n) is 4.37. The molecule has 84 valence electrons. The van der Waals surface area contributed by atoms with Gasteiger partial charge in [0, 0.05) is 12.0 Å². The Hall–Kier alpha value is -0.130. The predicted molar refractivity (Wildman–Crippen MR) is 56.7 cm³/mol. The first-order valence-corrected chi connectivity index (χ1v) is 6.35. The van der Waals surface area contributed by atoms with Crippen molar-refractivity contribution in [2.45, 2.75) is 38.4 Å². The second-order valence-electron chi connectivity index (χ2n) is 3.69. The second kappa shape index (κ2) is 5.09. The first-order chi connectivity index (χ1) is 6.18. The fourth-order valence-corrected chi connectivity index (χ4v) is 2.56. The zero-order valence-corrected chi connectivity index (χ0v) is 10.3. The molecule has 0 saturated heterocycles. The number of hydrogen-bond donors (Lipinski definition) is 1. The van der Waals surface area contributed by atoms with Gasteiger partial charge in [-0.25, -0.2) is 13.1 Å². The molecule has 0 aliphatic rings. The molecule has 0 rings (SSSR count). The standard InChI is InChI=1S/C8H16ClNO3S/c1-5(2)7(11)8(9)14(12,13)10-6(3)4/h5-6,8,10H,1-4H3. The second-order valence-corrected chi connectivity index (χ2v) is 6.18. The molecule has 14 heavy (non-hydrogen) atoms. The van der Waals surface area contributed by atoms with Crippen LogP contribution in [-0.4, -0.2) is 25.0 Å². The lowest BCUT2D eigenvalue weighted by Gasteiger charge is -2.14. The Morgan fingerprint density at radius 1 is 1.21 bits per heavy atom. The highest BCUT2D eigenvalue weighted by Gasteiger charge is 2.31. The monoisotopic (exact) mass is 241 g/mol. The molecule has 0 aliphatic heterocycles. The molecule has 0 amide bonds. The molecule has 0 aromatic heterocycles. The summed E-state index contributed by atoms with van der Waals surface area (Å²) in [4.78, 5) is 11.3. The summed E-state index contributed by atoms with van der Waals surface area (Å²) in [5.41, 5.74) is 0. The lowest BCUT2D eigenvalue weighted by Crippen LogP contribution is -2.40. The van der Waals surface area contributed by atoms with Gasteiger partial charge < -0.3 is 0 Å². The number of carbonyl (C=O) groups is 1. The van der Waals surface area contributed by atoms with Gasteiger partial charge in [-0.3, -0.25) is 4.79 Å².